The fourth-order valence-electron chi connectivity index (χ4n) is 2.67. The summed E-state index contributed by atoms with van der Waals surface area (Å²) in [7, 11) is 0. The Morgan fingerprint density at radius 2 is 2.00 bits per heavy atom. The van der Waals surface area contributed by atoms with Gasteiger partial charge in [-0.1, -0.05) is 41.4 Å². The minimum absolute atomic E-state index is 0.127. The van der Waals surface area contributed by atoms with E-state index in [9.17, 15) is 4.79 Å². The van der Waals surface area contributed by atoms with Gasteiger partial charge in [-0.2, -0.15) is 0 Å². The van der Waals surface area contributed by atoms with Crippen LogP contribution in [0.15, 0.2) is 42.5 Å². The van der Waals surface area contributed by atoms with E-state index in [0.29, 0.717) is 23.0 Å². The Balaban J connectivity index is 1.57. The summed E-state index contributed by atoms with van der Waals surface area (Å²) in [6.45, 7) is 1.30. The molecule has 0 spiro atoms. The van der Waals surface area contributed by atoms with Crippen LogP contribution in [0, 0.1) is 0 Å². The predicted octanol–water partition coefficient (Wildman–Crippen LogP) is 4.38. The smallest absolute Gasteiger partial charge is 0.228 e. The Hall–Kier alpha value is -1.71. The van der Waals surface area contributed by atoms with Gasteiger partial charge in [0.1, 0.15) is 0 Å². The minimum atomic E-state index is 0.127. The summed E-state index contributed by atoms with van der Waals surface area (Å²) in [6.07, 6.45) is 1.35. The standard InChI is InChI=1S/C17H16Cl2N2O/c18-13-5-6-15(14(19)11-13)20-9-7-17(22)21-10-8-12-3-1-2-4-16(12)21/h1-6,11,20H,7-10H2. The molecule has 5 heteroatoms. The Kier molecular flexibility index (Phi) is 4.55. The summed E-state index contributed by atoms with van der Waals surface area (Å²) in [6, 6.07) is 13.3. The van der Waals surface area contributed by atoms with Crippen molar-refractivity contribution in [3.05, 3.63) is 58.1 Å². The highest BCUT2D eigenvalue weighted by Gasteiger charge is 2.23. The van der Waals surface area contributed by atoms with E-state index in [0.717, 1.165) is 24.3 Å². The van der Waals surface area contributed by atoms with Crippen molar-refractivity contribution in [2.75, 3.05) is 23.3 Å². The zero-order valence-electron chi connectivity index (χ0n) is 12.0. The molecule has 0 saturated carbocycles. The topological polar surface area (TPSA) is 32.3 Å². The molecule has 114 valence electrons. The molecule has 1 N–H and O–H groups in total. The molecule has 2 aromatic carbocycles. The highest BCUT2D eigenvalue weighted by atomic mass is 35.5. The second-order valence-corrected chi connectivity index (χ2v) is 6.07. The van der Waals surface area contributed by atoms with Gasteiger partial charge in [-0.25, -0.2) is 0 Å². The fraction of sp³-hybridized carbons (Fsp3) is 0.235. The molecule has 1 heterocycles. The summed E-state index contributed by atoms with van der Waals surface area (Å²) in [5.74, 6) is 0.127. The molecule has 0 aromatic heterocycles. The van der Waals surface area contributed by atoms with E-state index >= 15 is 0 Å². The lowest BCUT2D eigenvalue weighted by Crippen LogP contribution is -2.30. The number of halogens is 2. The Morgan fingerprint density at radius 3 is 2.82 bits per heavy atom. The monoisotopic (exact) mass is 334 g/mol. The molecular formula is C17H16Cl2N2O. The van der Waals surface area contributed by atoms with E-state index in [1.54, 1.807) is 12.1 Å². The van der Waals surface area contributed by atoms with Crippen molar-refractivity contribution in [1.82, 2.24) is 0 Å². The van der Waals surface area contributed by atoms with Gasteiger partial charge in [0.15, 0.2) is 0 Å². The Labute approximate surface area is 139 Å². The number of fused-ring (bicyclic) bond motifs is 1. The predicted molar refractivity (Wildman–Crippen MR) is 92.1 cm³/mol. The number of benzene rings is 2. The first-order valence-corrected chi connectivity index (χ1v) is 7.98. The summed E-state index contributed by atoms with van der Waals surface area (Å²) in [5, 5.41) is 4.34. The lowest BCUT2D eigenvalue weighted by Gasteiger charge is -2.17. The average Bonchev–Trinajstić information content (AvgIpc) is 2.93. The van der Waals surface area contributed by atoms with Crippen LogP contribution in [0.2, 0.25) is 10.0 Å². The largest absolute Gasteiger partial charge is 0.383 e. The van der Waals surface area contributed by atoms with Crippen molar-refractivity contribution in [3.8, 4) is 0 Å². The van der Waals surface area contributed by atoms with Crippen LogP contribution in [-0.2, 0) is 11.2 Å². The first kappa shape index (κ1) is 15.2. The van der Waals surface area contributed by atoms with Gasteiger partial charge >= 0.3 is 0 Å². The number of carbonyl (C=O) groups excluding carboxylic acids is 1. The molecule has 0 radical (unpaired) electrons. The molecule has 3 rings (SSSR count). The van der Waals surface area contributed by atoms with E-state index < -0.39 is 0 Å². The molecule has 0 unspecified atom stereocenters. The number of hydrogen-bond donors (Lipinski definition) is 1. The molecule has 0 atom stereocenters. The lowest BCUT2D eigenvalue weighted by molar-refractivity contribution is -0.118. The van der Waals surface area contributed by atoms with Gasteiger partial charge in [0.2, 0.25) is 5.91 Å². The van der Waals surface area contributed by atoms with E-state index in [4.69, 9.17) is 23.2 Å². The van der Waals surface area contributed by atoms with Crippen LogP contribution in [0.4, 0.5) is 11.4 Å². The molecule has 0 saturated heterocycles. The fourth-order valence-corrected chi connectivity index (χ4v) is 3.14. The van der Waals surface area contributed by atoms with Gasteiger partial charge in [0, 0.05) is 30.2 Å². The zero-order valence-corrected chi connectivity index (χ0v) is 13.5. The van der Waals surface area contributed by atoms with E-state index in [1.165, 1.54) is 5.56 Å². The first-order valence-electron chi connectivity index (χ1n) is 7.22. The average molecular weight is 335 g/mol. The number of rotatable bonds is 4. The number of nitrogens with zero attached hydrogens (tertiary/aromatic N) is 1. The summed E-state index contributed by atoms with van der Waals surface area (Å²) in [5.41, 5.74) is 3.07. The van der Waals surface area contributed by atoms with E-state index in [2.05, 4.69) is 11.4 Å². The first-order chi connectivity index (χ1) is 10.6. The third-order valence-electron chi connectivity index (χ3n) is 3.77. The molecule has 0 aliphatic carbocycles. The van der Waals surface area contributed by atoms with Crippen molar-refractivity contribution < 1.29 is 4.79 Å². The van der Waals surface area contributed by atoms with Crippen molar-refractivity contribution >= 4 is 40.5 Å². The number of nitrogens with one attached hydrogen (secondary N) is 1. The van der Waals surface area contributed by atoms with Gasteiger partial charge < -0.3 is 10.2 Å². The molecule has 0 bridgehead atoms. The van der Waals surface area contributed by atoms with E-state index in [-0.39, 0.29) is 5.91 Å². The van der Waals surface area contributed by atoms with Crippen molar-refractivity contribution in [3.63, 3.8) is 0 Å². The van der Waals surface area contributed by atoms with Gasteiger partial charge in [0.25, 0.3) is 0 Å². The lowest BCUT2D eigenvalue weighted by atomic mass is 10.2. The highest BCUT2D eigenvalue weighted by molar-refractivity contribution is 6.36. The SMILES string of the molecule is O=C(CCNc1ccc(Cl)cc1Cl)N1CCc2ccccc21. The second kappa shape index (κ2) is 6.59. The summed E-state index contributed by atoms with van der Waals surface area (Å²) in [4.78, 5) is 14.2. The van der Waals surface area contributed by atoms with Crippen molar-refractivity contribution in [2.24, 2.45) is 0 Å². The zero-order chi connectivity index (χ0) is 15.5. The maximum absolute atomic E-state index is 12.4. The van der Waals surface area contributed by atoms with Gasteiger partial charge in [0.05, 0.1) is 10.7 Å². The van der Waals surface area contributed by atoms with Crippen molar-refractivity contribution in [2.45, 2.75) is 12.8 Å². The van der Waals surface area contributed by atoms with Crippen LogP contribution in [0.3, 0.4) is 0 Å². The molecule has 1 amide bonds. The number of para-hydroxylation sites is 1. The van der Waals surface area contributed by atoms with Crippen LogP contribution in [0.5, 0.6) is 0 Å². The van der Waals surface area contributed by atoms with Gasteiger partial charge in [-0.05, 0) is 36.2 Å². The molecule has 2 aromatic rings. The quantitative estimate of drug-likeness (QED) is 0.899. The van der Waals surface area contributed by atoms with Crippen LogP contribution in [0.1, 0.15) is 12.0 Å². The second-order valence-electron chi connectivity index (χ2n) is 5.23. The maximum atomic E-state index is 12.4. The number of amides is 1. The van der Waals surface area contributed by atoms with Crippen molar-refractivity contribution in [1.29, 1.82) is 0 Å². The summed E-state index contributed by atoms with van der Waals surface area (Å²) >= 11 is 12.0. The molecule has 3 nitrogen and oxygen atoms in total. The molecule has 22 heavy (non-hydrogen) atoms. The van der Waals surface area contributed by atoms with Crippen LogP contribution >= 0.6 is 23.2 Å². The minimum Gasteiger partial charge on any atom is -0.383 e. The molecule has 1 aliphatic heterocycles. The molecular weight excluding hydrogens is 319 g/mol. The van der Waals surface area contributed by atoms with Gasteiger partial charge in [-0.15, -0.1) is 0 Å². The highest BCUT2D eigenvalue weighted by Crippen LogP contribution is 2.28. The third kappa shape index (κ3) is 3.21. The summed E-state index contributed by atoms with van der Waals surface area (Å²) < 4.78 is 0. The number of hydrogen-bond acceptors (Lipinski definition) is 2. The third-order valence-corrected chi connectivity index (χ3v) is 4.32. The van der Waals surface area contributed by atoms with Gasteiger partial charge in [-0.3, -0.25) is 4.79 Å². The Morgan fingerprint density at radius 1 is 1.18 bits per heavy atom. The maximum Gasteiger partial charge on any atom is 0.228 e. The van der Waals surface area contributed by atoms with Crippen LogP contribution in [-0.4, -0.2) is 19.0 Å². The number of carbonyl (C=O) groups is 1. The number of anilines is 2. The normalized spacial score (nSPS) is 13.1. The molecule has 1 aliphatic rings. The Bertz CT molecular complexity index is 703. The molecule has 0 fully saturated rings. The van der Waals surface area contributed by atoms with E-state index in [1.807, 2.05) is 29.2 Å². The van der Waals surface area contributed by atoms with Crippen LogP contribution < -0.4 is 10.2 Å². The van der Waals surface area contributed by atoms with Crippen LogP contribution in [0.25, 0.3) is 0 Å².